The van der Waals surface area contributed by atoms with Crippen molar-refractivity contribution >= 4 is 5.91 Å². The predicted octanol–water partition coefficient (Wildman–Crippen LogP) is 1.77. The van der Waals surface area contributed by atoms with Gasteiger partial charge in [0.15, 0.2) is 5.82 Å². The van der Waals surface area contributed by atoms with E-state index in [0.717, 1.165) is 19.3 Å². The molecule has 1 aromatic heterocycles. The van der Waals surface area contributed by atoms with Crippen molar-refractivity contribution in [1.29, 1.82) is 0 Å². The maximum Gasteiger partial charge on any atom is 0.251 e. The highest BCUT2D eigenvalue weighted by Crippen LogP contribution is 2.36. The second-order valence-electron chi connectivity index (χ2n) is 5.97. The summed E-state index contributed by atoms with van der Waals surface area (Å²) < 4.78 is 5.25. The van der Waals surface area contributed by atoms with Crippen LogP contribution in [-0.4, -0.2) is 22.1 Å². The van der Waals surface area contributed by atoms with Crippen molar-refractivity contribution in [3.05, 3.63) is 47.6 Å². The van der Waals surface area contributed by atoms with Crippen molar-refractivity contribution in [3.63, 3.8) is 0 Å². The van der Waals surface area contributed by atoms with E-state index in [0.29, 0.717) is 23.7 Å². The van der Waals surface area contributed by atoms with Crippen molar-refractivity contribution in [2.75, 3.05) is 0 Å². The number of nitrogens with two attached hydrogens (primary N) is 1. The zero-order chi connectivity index (χ0) is 15.6. The average Bonchev–Trinajstić information content (AvgIpc) is 2.94. The number of nitrogens with one attached hydrogen (secondary N) is 1. The van der Waals surface area contributed by atoms with Crippen molar-refractivity contribution in [3.8, 4) is 0 Å². The molecule has 1 atom stereocenters. The zero-order valence-corrected chi connectivity index (χ0v) is 12.6. The first-order chi connectivity index (χ1) is 10.6. The Balaban J connectivity index is 1.58. The minimum Gasteiger partial charge on any atom is -0.349 e. The van der Waals surface area contributed by atoms with Crippen molar-refractivity contribution in [2.45, 2.75) is 44.2 Å². The van der Waals surface area contributed by atoms with Gasteiger partial charge in [0.1, 0.15) is 0 Å². The normalized spacial score (nSPS) is 17.5. The molecular weight excluding hydrogens is 280 g/mol. The van der Waals surface area contributed by atoms with E-state index in [1.165, 1.54) is 0 Å². The molecule has 0 radical (unpaired) electrons. The molecule has 0 bridgehead atoms. The van der Waals surface area contributed by atoms with E-state index in [4.69, 9.17) is 10.3 Å². The summed E-state index contributed by atoms with van der Waals surface area (Å²) in [7, 11) is 0. The van der Waals surface area contributed by atoms with Crippen LogP contribution in [0.15, 0.2) is 34.9 Å². The molecular formula is C16H20N4O2. The van der Waals surface area contributed by atoms with Crippen LogP contribution >= 0.6 is 0 Å². The Hall–Kier alpha value is -2.21. The maximum atomic E-state index is 12.1. The van der Waals surface area contributed by atoms with Gasteiger partial charge in [-0.05, 0) is 38.3 Å². The molecule has 1 heterocycles. The molecule has 1 aliphatic carbocycles. The molecule has 0 aliphatic heterocycles. The van der Waals surface area contributed by atoms with E-state index < -0.39 is 5.54 Å². The van der Waals surface area contributed by atoms with Gasteiger partial charge < -0.3 is 15.6 Å². The summed E-state index contributed by atoms with van der Waals surface area (Å²) >= 11 is 0. The Morgan fingerprint density at radius 1 is 1.41 bits per heavy atom. The Bertz CT molecular complexity index is 649. The second-order valence-corrected chi connectivity index (χ2v) is 5.97. The number of benzene rings is 1. The van der Waals surface area contributed by atoms with E-state index >= 15 is 0 Å². The Morgan fingerprint density at radius 2 is 2.14 bits per heavy atom. The van der Waals surface area contributed by atoms with Gasteiger partial charge in [-0.25, -0.2) is 0 Å². The molecule has 6 nitrogen and oxygen atoms in total. The third-order valence-electron chi connectivity index (χ3n) is 4.05. The number of aromatic nitrogens is 2. The van der Waals surface area contributed by atoms with Gasteiger partial charge in [-0.2, -0.15) is 4.98 Å². The minimum atomic E-state index is -0.418. The molecule has 1 unspecified atom stereocenters. The fourth-order valence-corrected chi connectivity index (χ4v) is 2.53. The lowest BCUT2D eigenvalue weighted by Crippen LogP contribution is -2.44. The maximum absolute atomic E-state index is 12.1. The minimum absolute atomic E-state index is 0.101. The van der Waals surface area contributed by atoms with Crippen LogP contribution in [0.5, 0.6) is 0 Å². The molecule has 116 valence electrons. The Kier molecular flexibility index (Phi) is 3.94. The highest BCUT2D eigenvalue weighted by molar-refractivity contribution is 5.94. The van der Waals surface area contributed by atoms with Gasteiger partial charge in [-0.1, -0.05) is 23.4 Å². The highest BCUT2D eigenvalue weighted by atomic mass is 16.5. The molecule has 1 aliphatic rings. The van der Waals surface area contributed by atoms with Crippen LogP contribution in [0, 0.1) is 0 Å². The van der Waals surface area contributed by atoms with E-state index in [-0.39, 0.29) is 11.9 Å². The van der Waals surface area contributed by atoms with Crippen molar-refractivity contribution in [2.24, 2.45) is 5.73 Å². The number of hydrogen-bond acceptors (Lipinski definition) is 5. The lowest BCUT2D eigenvalue weighted by atomic mass is 9.77. The van der Waals surface area contributed by atoms with E-state index in [9.17, 15) is 4.79 Å². The molecule has 6 heteroatoms. The quantitative estimate of drug-likeness (QED) is 0.877. The number of hydrogen-bond donors (Lipinski definition) is 2. The fraction of sp³-hybridized carbons (Fsp3) is 0.438. The number of nitrogens with zero attached hydrogens (tertiary/aromatic N) is 2. The zero-order valence-electron chi connectivity index (χ0n) is 12.6. The standard InChI is InChI=1S/C16H20N4O2/c1-11(18-14(21)12-6-3-2-4-7-12)10-13-19-15(20-22-13)16(17)8-5-9-16/h2-4,6-7,11H,5,8-10,17H2,1H3,(H,18,21). The Labute approximate surface area is 129 Å². The number of carbonyl (C=O) groups excluding carboxylic acids is 1. The largest absolute Gasteiger partial charge is 0.349 e. The summed E-state index contributed by atoms with van der Waals surface area (Å²) in [5.74, 6) is 0.977. The monoisotopic (exact) mass is 300 g/mol. The molecule has 3 N–H and O–H groups in total. The predicted molar refractivity (Wildman–Crippen MR) is 81.1 cm³/mol. The van der Waals surface area contributed by atoms with Gasteiger partial charge in [-0.15, -0.1) is 0 Å². The summed E-state index contributed by atoms with van der Waals surface area (Å²) in [5, 5.41) is 6.90. The van der Waals surface area contributed by atoms with Crippen LogP contribution < -0.4 is 11.1 Å². The summed E-state index contributed by atoms with van der Waals surface area (Å²) in [4.78, 5) is 16.4. The molecule has 3 rings (SSSR count). The third-order valence-corrected chi connectivity index (χ3v) is 4.05. The highest BCUT2D eigenvalue weighted by Gasteiger charge is 2.39. The van der Waals surface area contributed by atoms with Gasteiger partial charge in [0.25, 0.3) is 5.91 Å². The Morgan fingerprint density at radius 3 is 2.77 bits per heavy atom. The van der Waals surface area contributed by atoms with Gasteiger partial charge in [0, 0.05) is 18.0 Å². The first kappa shape index (κ1) is 14.7. The number of amides is 1. The van der Waals surface area contributed by atoms with Gasteiger partial charge in [0.05, 0.1) is 5.54 Å². The molecule has 2 aromatic rings. The lowest BCUT2D eigenvalue weighted by Gasteiger charge is -2.34. The topological polar surface area (TPSA) is 94.0 Å². The molecule has 1 fully saturated rings. The average molecular weight is 300 g/mol. The molecule has 0 spiro atoms. The summed E-state index contributed by atoms with van der Waals surface area (Å²) in [6, 6.07) is 9.01. The number of rotatable bonds is 5. The van der Waals surface area contributed by atoms with Gasteiger partial charge in [-0.3, -0.25) is 4.79 Å². The SMILES string of the molecule is CC(Cc1nc(C2(N)CCC2)no1)NC(=O)c1ccccc1. The van der Waals surface area contributed by atoms with Crippen LogP contribution in [0.3, 0.4) is 0 Å². The smallest absolute Gasteiger partial charge is 0.251 e. The number of carbonyl (C=O) groups is 1. The second kappa shape index (κ2) is 5.88. The summed E-state index contributed by atoms with van der Waals surface area (Å²) in [6.07, 6.45) is 3.38. The van der Waals surface area contributed by atoms with Crippen LogP contribution in [0.25, 0.3) is 0 Å². The molecule has 0 saturated heterocycles. The third kappa shape index (κ3) is 3.01. The summed E-state index contributed by atoms with van der Waals surface area (Å²) in [5.41, 5.74) is 6.39. The van der Waals surface area contributed by atoms with Crippen LogP contribution in [0.2, 0.25) is 0 Å². The van der Waals surface area contributed by atoms with Crippen molar-refractivity contribution < 1.29 is 9.32 Å². The molecule has 1 amide bonds. The van der Waals surface area contributed by atoms with Crippen LogP contribution in [0.4, 0.5) is 0 Å². The molecule has 1 saturated carbocycles. The first-order valence-electron chi connectivity index (χ1n) is 7.55. The molecule has 1 aromatic carbocycles. The molecule has 22 heavy (non-hydrogen) atoms. The lowest BCUT2D eigenvalue weighted by molar-refractivity contribution is 0.0938. The van der Waals surface area contributed by atoms with Gasteiger partial charge in [0.2, 0.25) is 5.89 Å². The van der Waals surface area contributed by atoms with Gasteiger partial charge >= 0.3 is 0 Å². The fourth-order valence-electron chi connectivity index (χ4n) is 2.53. The summed E-state index contributed by atoms with van der Waals surface area (Å²) in [6.45, 7) is 1.91. The van der Waals surface area contributed by atoms with Crippen LogP contribution in [-0.2, 0) is 12.0 Å². The van der Waals surface area contributed by atoms with Crippen LogP contribution in [0.1, 0.15) is 48.3 Å². The van der Waals surface area contributed by atoms with Crippen molar-refractivity contribution in [1.82, 2.24) is 15.5 Å². The van der Waals surface area contributed by atoms with E-state index in [2.05, 4.69) is 15.5 Å². The van der Waals surface area contributed by atoms with E-state index in [1.807, 2.05) is 25.1 Å². The first-order valence-corrected chi connectivity index (χ1v) is 7.55. The van der Waals surface area contributed by atoms with E-state index in [1.54, 1.807) is 12.1 Å².